The highest BCUT2D eigenvalue weighted by molar-refractivity contribution is 5.17. The van der Waals surface area contributed by atoms with E-state index in [1.165, 1.54) is 24.2 Å². The SMILES string of the molecule is c1ccc(CN(CCN2CCNCC2)Cc2ccccc2)cc1. The van der Waals surface area contributed by atoms with Gasteiger partial charge in [-0.2, -0.15) is 0 Å². The van der Waals surface area contributed by atoms with Crippen molar-refractivity contribution in [3.05, 3.63) is 71.8 Å². The van der Waals surface area contributed by atoms with Crippen LogP contribution in [-0.2, 0) is 13.1 Å². The first-order valence-corrected chi connectivity index (χ1v) is 8.63. The van der Waals surface area contributed by atoms with Gasteiger partial charge in [0.2, 0.25) is 0 Å². The summed E-state index contributed by atoms with van der Waals surface area (Å²) >= 11 is 0. The number of benzene rings is 2. The van der Waals surface area contributed by atoms with Gasteiger partial charge in [0.1, 0.15) is 0 Å². The standard InChI is InChI=1S/C20H27N3/c1-3-7-19(8-4-1)17-23(18-20-9-5-2-6-10-20)16-15-22-13-11-21-12-14-22/h1-10,21H,11-18H2. The van der Waals surface area contributed by atoms with E-state index in [0.717, 1.165) is 39.3 Å². The Balaban J connectivity index is 1.60. The zero-order valence-corrected chi connectivity index (χ0v) is 13.8. The third-order valence-electron chi connectivity index (χ3n) is 4.44. The van der Waals surface area contributed by atoms with Crippen molar-refractivity contribution < 1.29 is 0 Å². The maximum Gasteiger partial charge on any atom is 0.0237 e. The Hall–Kier alpha value is -1.68. The van der Waals surface area contributed by atoms with Crippen molar-refractivity contribution in [3.63, 3.8) is 0 Å². The van der Waals surface area contributed by atoms with Gasteiger partial charge in [-0.15, -0.1) is 0 Å². The van der Waals surface area contributed by atoms with Crippen LogP contribution in [0.2, 0.25) is 0 Å². The Morgan fingerprint density at radius 3 is 1.83 bits per heavy atom. The van der Waals surface area contributed by atoms with Crippen LogP contribution in [-0.4, -0.2) is 49.1 Å². The quantitative estimate of drug-likeness (QED) is 0.848. The van der Waals surface area contributed by atoms with Gasteiger partial charge in [-0.1, -0.05) is 60.7 Å². The van der Waals surface area contributed by atoms with Crippen molar-refractivity contribution in [3.8, 4) is 0 Å². The van der Waals surface area contributed by atoms with Crippen molar-refractivity contribution in [1.29, 1.82) is 0 Å². The second-order valence-electron chi connectivity index (χ2n) is 6.27. The molecular formula is C20H27N3. The molecule has 0 atom stereocenters. The molecule has 1 saturated heterocycles. The fourth-order valence-corrected chi connectivity index (χ4v) is 3.11. The van der Waals surface area contributed by atoms with Gasteiger partial charge in [0.15, 0.2) is 0 Å². The summed E-state index contributed by atoms with van der Waals surface area (Å²) in [7, 11) is 0. The summed E-state index contributed by atoms with van der Waals surface area (Å²) in [6.07, 6.45) is 0. The number of nitrogens with zero attached hydrogens (tertiary/aromatic N) is 2. The molecule has 0 amide bonds. The maximum atomic E-state index is 3.43. The first kappa shape index (κ1) is 16.2. The Labute approximate surface area is 139 Å². The molecule has 0 unspecified atom stereocenters. The third-order valence-corrected chi connectivity index (χ3v) is 4.44. The van der Waals surface area contributed by atoms with Crippen molar-refractivity contribution in [2.75, 3.05) is 39.3 Å². The summed E-state index contributed by atoms with van der Waals surface area (Å²) in [5.41, 5.74) is 2.78. The lowest BCUT2D eigenvalue weighted by Gasteiger charge is -2.30. The minimum absolute atomic E-state index is 1.02. The lowest BCUT2D eigenvalue weighted by atomic mass is 10.1. The van der Waals surface area contributed by atoms with Crippen molar-refractivity contribution in [2.45, 2.75) is 13.1 Å². The van der Waals surface area contributed by atoms with E-state index in [9.17, 15) is 0 Å². The van der Waals surface area contributed by atoms with Gasteiger partial charge in [0.05, 0.1) is 0 Å². The topological polar surface area (TPSA) is 18.5 Å². The molecule has 2 aromatic rings. The number of nitrogens with one attached hydrogen (secondary N) is 1. The molecule has 3 rings (SSSR count). The summed E-state index contributed by atoms with van der Waals surface area (Å²) in [5.74, 6) is 0. The Morgan fingerprint density at radius 2 is 1.30 bits per heavy atom. The normalized spacial score (nSPS) is 15.9. The Bertz CT molecular complexity index is 508. The summed E-state index contributed by atoms with van der Waals surface area (Å²) < 4.78 is 0. The first-order chi connectivity index (χ1) is 11.4. The first-order valence-electron chi connectivity index (χ1n) is 8.63. The molecule has 1 N–H and O–H groups in total. The molecule has 122 valence electrons. The van der Waals surface area contributed by atoms with Gasteiger partial charge in [-0.25, -0.2) is 0 Å². The zero-order chi connectivity index (χ0) is 15.7. The number of hydrogen-bond donors (Lipinski definition) is 1. The highest BCUT2D eigenvalue weighted by Gasteiger charge is 2.12. The van der Waals surface area contributed by atoms with Crippen LogP contribution in [0, 0.1) is 0 Å². The second-order valence-corrected chi connectivity index (χ2v) is 6.27. The summed E-state index contributed by atoms with van der Waals surface area (Å²) in [6.45, 7) is 8.89. The van der Waals surface area contributed by atoms with Gasteiger partial charge in [0.25, 0.3) is 0 Å². The predicted octanol–water partition coefficient (Wildman–Crippen LogP) is 2.59. The van der Waals surface area contributed by atoms with Crippen molar-refractivity contribution >= 4 is 0 Å². The molecule has 3 nitrogen and oxygen atoms in total. The van der Waals surface area contributed by atoms with Crippen LogP contribution in [0.25, 0.3) is 0 Å². The molecular weight excluding hydrogens is 282 g/mol. The van der Waals surface area contributed by atoms with Gasteiger partial charge >= 0.3 is 0 Å². The van der Waals surface area contributed by atoms with Crippen LogP contribution < -0.4 is 5.32 Å². The molecule has 1 fully saturated rings. The Kier molecular flexibility index (Phi) is 6.21. The summed E-state index contributed by atoms with van der Waals surface area (Å²) in [4.78, 5) is 5.13. The molecule has 0 radical (unpaired) electrons. The highest BCUT2D eigenvalue weighted by Crippen LogP contribution is 2.10. The van der Waals surface area contributed by atoms with Crippen molar-refractivity contribution in [1.82, 2.24) is 15.1 Å². The monoisotopic (exact) mass is 309 g/mol. The zero-order valence-electron chi connectivity index (χ0n) is 13.8. The second kappa shape index (κ2) is 8.82. The summed E-state index contributed by atoms with van der Waals surface area (Å²) in [6, 6.07) is 21.6. The average molecular weight is 309 g/mol. The van der Waals surface area contributed by atoms with E-state index in [2.05, 4.69) is 75.8 Å². The summed E-state index contributed by atoms with van der Waals surface area (Å²) in [5, 5.41) is 3.43. The minimum atomic E-state index is 1.02. The van der Waals surface area contributed by atoms with E-state index in [1.807, 2.05) is 0 Å². The number of hydrogen-bond acceptors (Lipinski definition) is 3. The maximum absolute atomic E-state index is 3.43. The van der Waals surface area contributed by atoms with Gasteiger partial charge in [0, 0.05) is 52.4 Å². The van der Waals surface area contributed by atoms with Crippen LogP contribution in [0.3, 0.4) is 0 Å². The van der Waals surface area contributed by atoms with Gasteiger partial charge < -0.3 is 5.32 Å². The third kappa shape index (κ3) is 5.47. The molecule has 0 saturated carbocycles. The van der Waals surface area contributed by atoms with E-state index in [4.69, 9.17) is 0 Å². The minimum Gasteiger partial charge on any atom is -0.314 e. The van der Waals surface area contributed by atoms with Crippen LogP contribution >= 0.6 is 0 Å². The molecule has 0 aromatic heterocycles. The van der Waals surface area contributed by atoms with Crippen LogP contribution in [0.5, 0.6) is 0 Å². The lowest BCUT2D eigenvalue weighted by molar-refractivity contribution is 0.179. The van der Waals surface area contributed by atoms with Crippen molar-refractivity contribution in [2.24, 2.45) is 0 Å². The molecule has 0 aliphatic carbocycles. The average Bonchev–Trinajstić information content (AvgIpc) is 2.62. The van der Waals surface area contributed by atoms with Crippen LogP contribution in [0.4, 0.5) is 0 Å². The molecule has 0 spiro atoms. The molecule has 1 aliphatic heterocycles. The van der Waals surface area contributed by atoms with Gasteiger partial charge in [-0.3, -0.25) is 9.80 Å². The fourth-order valence-electron chi connectivity index (χ4n) is 3.11. The van der Waals surface area contributed by atoms with Gasteiger partial charge in [-0.05, 0) is 11.1 Å². The smallest absolute Gasteiger partial charge is 0.0237 e. The number of piperazine rings is 1. The predicted molar refractivity (Wildman–Crippen MR) is 96.3 cm³/mol. The van der Waals surface area contributed by atoms with Crippen LogP contribution in [0.1, 0.15) is 11.1 Å². The van der Waals surface area contributed by atoms with E-state index in [-0.39, 0.29) is 0 Å². The van der Waals surface area contributed by atoms with E-state index >= 15 is 0 Å². The Morgan fingerprint density at radius 1 is 0.783 bits per heavy atom. The largest absolute Gasteiger partial charge is 0.314 e. The molecule has 23 heavy (non-hydrogen) atoms. The lowest BCUT2D eigenvalue weighted by Crippen LogP contribution is -2.46. The van der Waals surface area contributed by atoms with E-state index < -0.39 is 0 Å². The van der Waals surface area contributed by atoms with E-state index in [0.29, 0.717) is 0 Å². The molecule has 3 heteroatoms. The van der Waals surface area contributed by atoms with E-state index in [1.54, 1.807) is 0 Å². The molecule has 1 heterocycles. The molecule has 2 aromatic carbocycles. The van der Waals surface area contributed by atoms with Crippen LogP contribution in [0.15, 0.2) is 60.7 Å². The molecule has 1 aliphatic rings. The molecule has 0 bridgehead atoms. The number of rotatable bonds is 7. The fraction of sp³-hybridized carbons (Fsp3) is 0.400. The highest BCUT2D eigenvalue weighted by atomic mass is 15.2.